The lowest BCUT2D eigenvalue weighted by atomic mass is 10.0. The van der Waals surface area contributed by atoms with Gasteiger partial charge in [-0.05, 0) is 39.2 Å². The molecule has 1 aliphatic heterocycles. The highest BCUT2D eigenvalue weighted by Gasteiger charge is 2.27. The third-order valence-electron chi connectivity index (χ3n) is 3.19. The minimum absolute atomic E-state index is 0.193. The molecule has 0 radical (unpaired) electrons. The standard InChI is InChI=1S/C11H21F3N2/c1-9(4-2-6-11(12,13)14)16-7-3-5-10(15)8-16/h9-10H,2-8,15H2,1H3. The van der Waals surface area contributed by atoms with Crippen LogP contribution >= 0.6 is 0 Å². The second kappa shape index (κ2) is 5.87. The summed E-state index contributed by atoms with van der Waals surface area (Å²) in [5.41, 5.74) is 5.84. The van der Waals surface area contributed by atoms with Crippen LogP contribution in [0.1, 0.15) is 39.0 Å². The van der Waals surface area contributed by atoms with Crippen molar-refractivity contribution in [2.75, 3.05) is 13.1 Å². The van der Waals surface area contributed by atoms with Gasteiger partial charge in [0, 0.05) is 25.0 Å². The predicted molar refractivity (Wildman–Crippen MR) is 58.2 cm³/mol. The average molecular weight is 238 g/mol. The van der Waals surface area contributed by atoms with Crippen LogP contribution in [0.5, 0.6) is 0 Å². The molecule has 0 saturated carbocycles. The maximum atomic E-state index is 12.0. The fourth-order valence-corrected chi connectivity index (χ4v) is 2.22. The summed E-state index contributed by atoms with van der Waals surface area (Å²) in [6.07, 6.45) is -1.77. The molecule has 2 N–H and O–H groups in total. The second-order valence-electron chi connectivity index (χ2n) is 4.75. The highest BCUT2D eigenvalue weighted by atomic mass is 19.4. The van der Waals surface area contributed by atoms with Gasteiger partial charge in [0.05, 0.1) is 0 Å². The van der Waals surface area contributed by atoms with Crippen molar-refractivity contribution >= 4 is 0 Å². The van der Waals surface area contributed by atoms with Crippen molar-refractivity contribution < 1.29 is 13.2 Å². The quantitative estimate of drug-likeness (QED) is 0.815. The van der Waals surface area contributed by atoms with E-state index in [-0.39, 0.29) is 18.5 Å². The fraction of sp³-hybridized carbons (Fsp3) is 1.00. The monoisotopic (exact) mass is 238 g/mol. The first-order chi connectivity index (χ1) is 7.38. The van der Waals surface area contributed by atoms with E-state index in [9.17, 15) is 13.2 Å². The predicted octanol–water partition coefficient (Wildman–Crippen LogP) is 2.53. The Morgan fingerprint density at radius 1 is 1.44 bits per heavy atom. The van der Waals surface area contributed by atoms with Crippen LogP contribution in [0, 0.1) is 0 Å². The Hall–Kier alpha value is -0.290. The van der Waals surface area contributed by atoms with Crippen LogP contribution in [0.15, 0.2) is 0 Å². The average Bonchev–Trinajstić information content (AvgIpc) is 2.15. The van der Waals surface area contributed by atoms with Gasteiger partial charge >= 0.3 is 6.18 Å². The zero-order valence-corrected chi connectivity index (χ0v) is 9.76. The summed E-state index contributed by atoms with van der Waals surface area (Å²) < 4.78 is 35.9. The SMILES string of the molecule is CC(CCCC(F)(F)F)N1CCCC(N)C1. The zero-order valence-electron chi connectivity index (χ0n) is 9.76. The van der Waals surface area contributed by atoms with Gasteiger partial charge < -0.3 is 5.73 Å². The molecule has 0 amide bonds. The number of hydrogen-bond donors (Lipinski definition) is 1. The van der Waals surface area contributed by atoms with E-state index in [1.165, 1.54) is 0 Å². The number of alkyl halides is 3. The molecule has 2 unspecified atom stereocenters. The fourth-order valence-electron chi connectivity index (χ4n) is 2.22. The molecule has 96 valence electrons. The van der Waals surface area contributed by atoms with E-state index in [2.05, 4.69) is 4.90 Å². The Labute approximate surface area is 95.0 Å². The molecule has 1 aliphatic rings. The normalized spacial score (nSPS) is 25.7. The minimum Gasteiger partial charge on any atom is -0.327 e. The first-order valence-electron chi connectivity index (χ1n) is 5.95. The van der Waals surface area contributed by atoms with Crippen molar-refractivity contribution in [3.05, 3.63) is 0 Å². The maximum Gasteiger partial charge on any atom is 0.389 e. The molecule has 0 aliphatic carbocycles. The summed E-state index contributed by atoms with van der Waals surface area (Å²) >= 11 is 0. The third kappa shape index (κ3) is 5.16. The molecule has 5 heteroatoms. The van der Waals surface area contributed by atoms with Gasteiger partial charge in [0.2, 0.25) is 0 Å². The van der Waals surface area contributed by atoms with E-state index in [4.69, 9.17) is 5.73 Å². The number of nitrogens with two attached hydrogens (primary N) is 1. The van der Waals surface area contributed by atoms with Gasteiger partial charge in [-0.25, -0.2) is 0 Å². The summed E-state index contributed by atoms with van der Waals surface area (Å²) in [6.45, 7) is 3.79. The molecule has 16 heavy (non-hydrogen) atoms. The highest BCUT2D eigenvalue weighted by molar-refractivity contribution is 4.78. The molecule has 0 aromatic carbocycles. The molecule has 1 fully saturated rings. The van der Waals surface area contributed by atoms with E-state index in [0.29, 0.717) is 6.42 Å². The molecule has 1 rings (SSSR count). The van der Waals surface area contributed by atoms with Crippen molar-refractivity contribution in [2.45, 2.75) is 57.3 Å². The van der Waals surface area contributed by atoms with Crippen LogP contribution in [0.3, 0.4) is 0 Å². The van der Waals surface area contributed by atoms with E-state index in [1.54, 1.807) is 0 Å². The summed E-state index contributed by atoms with van der Waals surface area (Å²) in [7, 11) is 0. The van der Waals surface area contributed by atoms with Gasteiger partial charge in [0.25, 0.3) is 0 Å². The van der Waals surface area contributed by atoms with Crippen LogP contribution in [0.2, 0.25) is 0 Å². The Balaban J connectivity index is 2.21. The molecule has 2 atom stereocenters. The van der Waals surface area contributed by atoms with Gasteiger partial charge in [0.1, 0.15) is 0 Å². The van der Waals surface area contributed by atoms with Crippen LogP contribution in [0.25, 0.3) is 0 Å². The molecule has 1 saturated heterocycles. The molecule has 0 aromatic rings. The van der Waals surface area contributed by atoms with E-state index < -0.39 is 12.6 Å². The number of nitrogens with zero attached hydrogens (tertiary/aromatic N) is 1. The number of likely N-dealkylation sites (tertiary alicyclic amines) is 1. The lowest BCUT2D eigenvalue weighted by molar-refractivity contribution is -0.136. The molecule has 0 aromatic heterocycles. The summed E-state index contributed by atoms with van der Waals surface area (Å²) in [4.78, 5) is 2.21. The Bertz CT molecular complexity index is 206. The van der Waals surface area contributed by atoms with Gasteiger partial charge in [-0.1, -0.05) is 0 Å². The molecule has 1 heterocycles. The van der Waals surface area contributed by atoms with Crippen molar-refractivity contribution in [3.8, 4) is 0 Å². The Morgan fingerprint density at radius 3 is 2.69 bits per heavy atom. The van der Waals surface area contributed by atoms with Crippen molar-refractivity contribution in [1.82, 2.24) is 4.90 Å². The van der Waals surface area contributed by atoms with E-state index >= 15 is 0 Å². The topological polar surface area (TPSA) is 29.3 Å². The molecule has 2 nitrogen and oxygen atoms in total. The minimum atomic E-state index is -4.02. The first-order valence-corrected chi connectivity index (χ1v) is 5.95. The highest BCUT2D eigenvalue weighted by Crippen LogP contribution is 2.24. The van der Waals surface area contributed by atoms with E-state index in [1.807, 2.05) is 6.92 Å². The van der Waals surface area contributed by atoms with Gasteiger partial charge in [-0.15, -0.1) is 0 Å². The zero-order chi connectivity index (χ0) is 12.2. The molecular formula is C11H21F3N2. The lowest BCUT2D eigenvalue weighted by Gasteiger charge is -2.35. The lowest BCUT2D eigenvalue weighted by Crippen LogP contribution is -2.46. The van der Waals surface area contributed by atoms with E-state index in [0.717, 1.165) is 25.9 Å². The van der Waals surface area contributed by atoms with Crippen molar-refractivity contribution in [2.24, 2.45) is 5.73 Å². The number of hydrogen-bond acceptors (Lipinski definition) is 2. The van der Waals surface area contributed by atoms with Crippen molar-refractivity contribution in [3.63, 3.8) is 0 Å². The van der Waals surface area contributed by atoms with Crippen molar-refractivity contribution in [1.29, 1.82) is 0 Å². The van der Waals surface area contributed by atoms with Crippen LogP contribution < -0.4 is 5.73 Å². The molecule has 0 bridgehead atoms. The van der Waals surface area contributed by atoms with Gasteiger partial charge in [-0.3, -0.25) is 4.90 Å². The van der Waals surface area contributed by atoms with Crippen LogP contribution in [0.4, 0.5) is 13.2 Å². The third-order valence-corrected chi connectivity index (χ3v) is 3.19. The number of halogens is 3. The van der Waals surface area contributed by atoms with Crippen LogP contribution in [-0.2, 0) is 0 Å². The smallest absolute Gasteiger partial charge is 0.327 e. The Morgan fingerprint density at radius 2 is 2.12 bits per heavy atom. The largest absolute Gasteiger partial charge is 0.389 e. The Kier molecular flexibility index (Phi) is 5.05. The molecular weight excluding hydrogens is 217 g/mol. The number of rotatable bonds is 4. The summed E-state index contributed by atoms with van der Waals surface area (Å²) in [5.74, 6) is 0. The maximum absolute atomic E-state index is 12.0. The van der Waals surface area contributed by atoms with Crippen LogP contribution in [-0.4, -0.2) is 36.2 Å². The van der Waals surface area contributed by atoms with Gasteiger partial charge in [-0.2, -0.15) is 13.2 Å². The summed E-state index contributed by atoms with van der Waals surface area (Å²) in [5, 5.41) is 0. The first kappa shape index (κ1) is 13.8. The number of piperidine rings is 1. The second-order valence-corrected chi connectivity index (χ2v) is 4.75. The summed E-state index contributed by atoms with van der Waals surface area (Å²) in [6, 6.07) is 0.410. The van der Waals surface area contributed by atoms with Gasteiger partial charge in [0.15, 0.2) is 0 Å². The molecule has 0 spiro atoms.